The Hall–Kier alpha value is -3.15. The first-order chi connectivity index (χ1) is 13.6. The van der Waals surface area contributed by atoms with Gasteiger partial charge in [0, 0.05) is 11.3 Å². The first-order valence-electron chi connectivity index (χ1n) is 9.62. The van der Waals surface area contributed by atoms with Gasteiger partial charge in [-0.25, -0.2) is 4.79 Å². The fourth-order valence-corrected chi connectivity index (χ4v) is 3.20. The first-order valence-corrected chi connectivity index (χ1v) is 9.62. The maximum absolute atomic E-state index is 12.9. The second-order valence-electron chi connectivity index (χ2n) is 7.75. The predicted molar refractivity (Wildman–Crippen MR) is 113 cm³/mol. The minimum absolute atomic E-state index is 0.134. The van der Waals surface area contributed by atoms with E-state index >= 15 is 0 Å². The van der Waals surface area contributed by atoms with Gasteiger partial charge in [-0.1, -0.05) is 38.1 Å². The number of carboxylic acid groups (broad SMARTS) is 1. The van der Waals surface area contributed by atoms with E-state index in [4.69, 9.17) is 0 Å². The number of carboxylic acids is 1. The Bertz CT molecular complexity index is 934. The monoisotopic (exact) mass is 396 g/mol. The summed E-state index contributed by atoms with van der Waals surface area (Å²) in [6.07, 6.45) is 0.458. The van der Waals surface area contributed by atoms with E-state index in [-0.39, 0.29) is 23.3 Å². The van der Waals surface area contributed by atoms with Crippen LogP contribution < -0.4 is 10.6 Å². The number of aryl methyl sites for hydroxylation is 3. The Kier molecular flexibility index (Phi) is 7.15. The molecular formula is C23H28N2O4. The minimum Gasteiger partial charge on any atom is -0.478 e. The molecule has 1 atom stereocenters. The van der Waals surface area contributed by atoms with Gasteiger partial charge >= 0.3 is 5.97 Å². The van der Waals surface area contributed by atoms with Crippen LogP contribution in [0, 0.1) is 26.7 Å². The largest absolute Gasteiger partial charge is 0.478 e. The summed E-state index contributed by atoms with van der Waals surface area (Å²) in [4.78, 5) is 37.1. The number of carbonyl (C=O) groups excluding carboxylic acids is 2. The molecule has 0 aromatic heterocycles. The second-order valence-corrected chi connectivity index (χ2v) is 7.75. The minimum atomic E-state index is -1.05. The van der Waals surface area contributed by atoms with Gasteiger partial charge in [-0.2, -0.15) is 0 Å². The second kappa shape index (κ2) is 9.37. The van der Waals surface area contributed by atoms with Crippen molar-refractivity contribution in [3.8, 4) is 0 Å². The number of anilines is 1. The van der Waals surface area contributed by atoms with Gasteiger partial charge in [-0.05, 0) is 61.9 Å². The molecule has 6 heteroatoms. The highest BCUT2D eigenvalue weighted by molar-refractivity contribution is 6.02. The molecule has 0 radical (unpaired) electrons. The van der Waals surface area contributed by atoms with Crippen LogP contribution in [0.3, 0.4) is 0 Å². The van der Waals surface area contributed by atoms with Crippen molar-refractivity contribution in [2.45, 2.75) is 47.1 Å². The van der Waals surface area contributed by atoms with Crippen LogP contribution in [0.2, 0.25) is 0 Å². The van der Waals surface area contributed by atoms with Crippen molar-refractivity contribution in [2.75, 3.05) is 5.32 Å². The summed E-state index contributed by atoms with van der Waals surface area (Å²) in [6, 6.07) is 9.64. The molecular weight excluding hydrogens is 368 g/mol. The first kappa shape index (κ1) is 22.1. The highest BCUT2D eigenvalue weighted by Gasteiger charge is 2.24. The van der Waals surface area contributed by atoms with Crippen molar-refractivity contribution in [1.29, 1.82) is 0 Å². The predicted octanol–water partition coefficient (Wildman–Crippen LogP) is 4.09. The van der Waals surface area contributed by atoms with Crippen LogP contribution in [0.5, 0.6) is 0 Å². The maximum Gasteiger partial charge on any atom is 0.336 e. The van der Waals surface area contributed by atoms with Crippen molar-refractivity contribution in [2.24, 2.45) is 5.92 Å². The molecule has 2 aromatic carbocycles. The number of benzene rings is 2. The third-order valence-electron chi connectivity index (χ3n) is 4.78. The summed E-state index contributed by atoms with van der Waals surface area (Å²) in [5, 5.41) is 15.0. The third-order valence-corrected chi connectivity index (χ3v) is 4.78. The van der Waals surface area contributed by atoms with Crippen LogP contribution in [0.25, 0.3) is 0 Å². The fourth-order valence-electron chi connectivity index (χ4n) is 3.20. The number of rotatable bonds is 7. The van der Waals surface area contributed by atoms with Crippen LogP contribution >= 0.6 is 0 Å². The molecule has 0 bridgehead atoms. The molecule has 3 N–H and O–H groups in total. The normalized spacial score (nSPS) is 11.8. The summed E-state index contributed by atoms with van der Waals surface area (Å²) >= 11 is 0. The van der Waals surface area contributed by atoms with Crippen LogP contribution in [0.4, 0.5) is 5.69 Å². The molecule has 0 saturated carbocycles. The van der Waals surface area contributed by atoms with Crippen LogP contribution in [0.1, 0.15) is 57.7 Å². The Morgan fingerprint density at radius 2 is 1.59 bits per heavy atom. The molecule has 0 aliphatic rings. The summed E-state index contributed by atoms with van der Waals surface area (Å²) in [5.74, 6) is -1.55. The summed E-state index contributed by atoms with van der Waals surface area (Å²) < 4.78 is 0. The SMILES string of the molecule is Cc1cc(C)c(C(=O)O)cc1NC(=O)C(CC(C)C)NC(=O)c1ccccc1C. The molecule has 2 amide bonds. The number of nitrogens with one attached hydrogen (secondary N) is 2. The van der Waals surface area contributed by atoms with Gasteiger partial charge in [0.25, 0.3) is 5.91 Å². The molecule has 0 heterocycles. The molecule has 29 heavy (non-hydrogen) atoms. The van der Waals surface area contributed by atoms with E-state index < -0.39 is 12.0 Å². The lowest BCUT2D eigenvalue weighted by atomic mass is 10.0. The van der Waals surface area contributed by atoms with Gasteiger partial charge in [0.2, 0.25) is 5.91 Å². The molecule has 2 aromatic rings. The highest BCUT2D eigenvalue weighted by atomic mass is 16.4. The standard InChI is InChI=1S/C23H28N2O4/c1-13(2)10-20(25-21(26)17-9-7-6-8-14(17)3)22(27)24-19-12-18(23(28)29)15(4)11-16(19)5/h6-9,11-13,20H,10H2,1-5H3,(H,24,27)(H,25,26)(H,28,29). The van der Waals surface area contributed by atoms with Crippen molar-refractivity contribution in [3.05, 3.63) is 64.2 Å². The van der Waals surface area contributed by atoms with Gasteiger partial charge in [-0.15, -0.1) is 0 Å². The summed E-state index contributed by atoms with van der Waals surface area (Å²) in [7, 11) is 0. The molecule has 6 nitrogen and oxygen atoms in total. The summed E-state index contributed by atoms with van der Waals surface area (Å²) in [6.45, 7) is 9.30. The number of hydrogen-bond acceptors (Lipinski definition) is 3. The Labute approximate surface area is 171 Å². The molecule has 2 rings (SSSR count). The molecule has 0 aliphatic carbocycles. The average Bonchev–Trinajstić information content (AvgIpc) is 2.62. The van der Waals surface area contributed by atoms with Crippen LogP contribution in [-0.2, 0) is 4.79 Å². The smallest absolute Gasteiger partial charge is 0.336 e. The van der Waals surface area contributed by atoms with E-state index in [1.165, 1.54) is 6.07 Å². The van der Waals surface area contributed by atoms with E-state index in [1.54, 1.807) is 32.0 Å². The van der Waals surface area contributed by atoms with E-state index in [2.05, 4.69) is 10.6 Å². The van der Waals surface area contributed by atoms with Crippen LogP contribution in [-0.4, -0.2) is 28.9 Å². The van der Waals surface area contributed by atoms with Crippen molar-refractivity contribution >= 4 is 23.5 Å². The molecule has 0 saturated heterocycles. The zero-order valence-corrected chi connectivity index (χ0v) is 17.5. The Balaban J connectivity index is 2.26. The highest BCUT2D eigenvalue weighted by Crippen LogP contribution is 2.22. The van der Waals surface area contributed by atoms with Gasteiger partial charge in [0.05, 0.1) is 5.56 Å². The van der Waals surface area contributed by atoms with Crippen molar-refractivity contribution < 1.29 is 19.5 Å². The van der Waals surface area contributed by atoms with Gasteiger partial charge < -0.3 is 15.7 Å². The van der Waals surface area contributed by atoms with Crippen LogP contribution in [0.15, 0.2) is 36.4 Å². The third kappa shape index (κ3) is 5.67. The fraction of sp³-hybridized carbons (Fsp3) is 0.348. The van der Waals surface area contributed by atoms with E-state index in [0.29, 0.717) is 23.2 Å². The molecule has 0 aliphatic heterocycles. The molecule has 1 unspecified atom stereocenters. The van der Waals surface area contributed by atoms with E-state index in [1.807, 2.05) is 32.9 Å². The zero-order valence-electron chi connectivity index (χ0n) is 17.5. The lowest BCUT2D eigenvalue weighted by Gasteiger charge is -2.21. The Morgan fingerprint density at radius 3 is 2.17 bits per heavy atom. The molecule has 0 spiro atoms. The number of carbonyl (C=O) groups is 3. The average molecular weight is 396 g/mol. The molecule has 0 fully saturated rings. The van der Waals surface area contributed by atoms with Crippen molar-refractivity contribution in [1.82, 2.24) is 5.32 Å². The van der Waals surface area contributed by atoms with Gasteiger partial charge in [0.15, 0.2) is 0 Å². The van der Waals surface area contributed by atoms with Crippen molar-refractivity contribution in [3.63, 3.8) is 0 Å². The van der Waals surface area contributed by atoms with Gasteiger partial charge in [0.1, 0.15) is 6.04 Å². The lowest BCUT2D eigenvalue weighted by Crippen LogP contribution is -2.44. The number of hydrogen-bond donors (Lipinski definition) is 3. The lowest BCUT2D eigenvalue weighted by molar-refractivity contribution is -0.118. The number of aromatic carboxylic acids is 1. The van der Waals surface area contributed by atoms with E-state index in [0.717, 1.165) is 11.1 Å². The zero-order chi connectivity index (χ0) is 21.7. The maximum atomic E-state index is 12.9. The summed E-state index contributed by atoms with van der Waals surface area (Å²) in [5.41, 5.74) is 3.30. The van der Waals surface area contributed by atoms with Gasteiger partial charge in [-0.3, -0.25) is 9.59 Å². The molecule has 154 valence electrons. The van der Waals surface area contributed by atoms with E-state index in [9.17, 15) is 19.5 Å². The topological polar surface area (TPSA) is 95.5 Å². The Morgan fingerprint density at radius 1 is 0.931 bits per heavy atom. The number of amides is 2. The quantitative estimate of drug-likeness (QED) is 0.657.